The van der Waals surface area contributed by atoms with Crippen molar-refractivity contribution in [1.82, 2.24) is 15.0 Å². The van der Waals surface area contributed by atoms with Crippen molar-refractivity contribution in [2.24, 2.45) is 0 Å². The van der Waals surface area contributed by atoms with Crippen molar-refractivity contribution in [2.45, 2.75) is 6.54 Å². The molecule has 0 atom stereocenters. The van der Waals surface area contributed by atoms with Crippen LogP contribution in [0.5, 0.6) is 0 Å². The summed E-state index contributed by atoms with van der Waals surface area (Å²) in [6.45, 7) is 0.541. The second-order valence-electron chi connectivity index (χ2n) is 4.68. The molecule has 0 fully saturated rings. The highest BCUT2D eigenvalue weighted by Gasteiger charge is 2.06. The highest BCUT2D eigenvalue weighted by atomic mass is 19.1. The summed E-state index contributed by atoms with van der Waals surface area (Å²) in [6.07, 6.45) is 3.28. The summed E-state index contributed by atoms with van der Waals surface area (Å²) in [5, 5.41) is 3.18. The van der Waals surface area contributed by atoms with Gasteiger partial charge in [-0.25, -0.2) is 19.3 Å². The van der Waals surface area contributed by atoms with E-state index in [2.05, 4.69) is 20.3 Å². The standard InChI is InChI=1S/C16H14FN5/c17-12-5-3-11(4-6-12)10-21-14-7-9-20-16(22-14)13-2-1-8-19-15(13)18/h1-9H,10H2,(H2,18,19)(H,20,21,22). The lowest BCUT2D eigenvalue weighted by Crippen LogP contribution is -2.03. The molecule has 0 aliphatic heterocycles. The Balaban J connectivity index is 1.77. The van der Waals surface area contributed by atoms with E-state index in [1.54, 1.807) is 36.7 Å². The first-order chi connectivity index (χ1) is 10.7. The summed E-state index contributed by atoms with van der Waals surface area (Å²) in [5.74, 6) is 1.31. The summed E-state index contributed by atoms with van der Waals surface area (Å²) >= 11 is 0. The minimum absolute atomic E-state index is 0.250. The van der Waals surface area contributed by atoms with E-state index in [1.165, 1.54) is 12.1 Å². The number of nitrogen functional groups attached to an aromatic ring is 1. The lowest BCUT2D eigenvalue weighted by Gasteiger charge is -2.08. The maximum absolute atomic E-state index is 12.9. The zero-order valence-electron chi connectivity index (χ0n) is 11.7. The zero-order chi connectivity index (χ0) is 15.4. The monoisotopic (exact) mass is 295 g/mol. The molecule has 110 valence electrons. The van der Waals surface area contributed by atoms with Crippen molar-refractivity contribution in [3.05, 3.63) is 66.2 Å². The molecule has 6 heteroatoms. The van der Waals surface area contributed by atoms with Crippen LogP contribution in [-0.2, 0) is 6.54 Å². The molecule has 3 rings (SSSR count). The molecule has 0 aliphatic carbocycles. The van der Waals surface area contributed by atoms with E-state index >= 15 is 0 Å². The lowest BCUT2D eigenvalue weighted by atomic mass is 10.2. The normalized spacial score (nSPS) is 10.4. The van der Waals surface area contributed by atoms with Crippen LogP contribution in [0.15, 0.2) is 54.9 Å². The van der Waals surface area contributed by atoms with Crippen molar-refractivity contribution < 1.29 is 4.39 Å². The SMILES string of the molecule is Nc1ncccc1-c1nccc(NCc2ccc(F)cc2)n1. The van der Waals surface area contributed by atoms with Crippen LogP contribution in [0.25, 0.3) is 11.4 Å². The van der Waals surface area contributed by atoms with E-state index in [0.717, 1.165) is 5.56 Å². The van der Waals surface area contributed by atoms with Crippen LogP contribution in [0.2, 0.25) is 0 Å². The topological polar surface area (TPSA) is 76.7 Å². The summed E-state index contributed by atoms with van der Waals surface area (Å²) < 4.78 is 12.9. The van der Waals surface area contributed by atoms with Gasteiger partial charge in [0, 0.05) is 18.9 Å². The van der Waals surface area contributed by atoms with Gasteiger partial charge in [0.25, 0.3) is 0 Å². The van der Waals surface area contributed by atoms with E-state index in [0.29, 0.717) is 29.6 Å². The fourth-order valence-corrected chi connectivity index (χ4v) is 1.99. The number of nitrogens with zero attached hydrogens (tertiary/aromatic N) is 3. The largest absolute Gasteiger partial charge is 0.383 e. The third-order valence-corrected chi connectivity index (χ3v) is 3.12. The number of pyridine rings is 1. The van der Waals surface area contributed by atoms with E-state index in [-0.39, 0.29) is 5.82 Å². The number of anilines is 2. The second kappa shape index (κ2) is 6.17. The molecular weight excluding hydrogens is 281 g/mol. The van der Waals surface area contributed by atoms with Crippen LogP contribution >= 0.6 is 0 Å². The Labute approximate surface area is 127 Å². The Kier molecular flexibility index (Phi) is 3.91. The molecule has 0 amide bonds. The van der Waals surface area contributed by atoms with Gasteiger partial charge in [-0.1, -0.05) is 12.1 Å². The average molecular weight is 295 g/mol. The molecule has 2 heterocycles. The molecule has 3 N–H and O–H groups in total. The van der Waals surface area contributed by atoms with Gasteiger partial charge in [-0.3, -0.25) is 0 Å². The van der Waals surface area contributed by atoms with Crippen LogP contribution in [0.3, 0.4) is 0 Å². The number of hydrogen-bond donors (Lipinski definition) is 2. The summed E-state index contributed by atoms with van der Waals surface area (Å²) in [5.41, 5.74) is 7.48. The summed E-state index contributed by atoms with van der Waals surface area (Å²) in [4.78, 5) is 12.7. The van der Waals surface area contributed by atoms with Gasteiger partial charge >= 0.3 is 0 Å². The highest BCUT2D eigenvalue weighted by Crippen LogP contribution is 2.20. The first kappa shape index (κ1) is 13.9. The third kappa shape index (κ3) is 3.17. The van der Waals surface area contributed by atoms with Crippen LogP contribution in [0, 0.1) is 5.82 Å². The van der Waals surface area contributed by atoms with E-state index < -0.39 is 0 Å². The molecule has 0 aliphatic rings. The van der Waals surface area contributed by atoms with Gasteiger partial charge in [0.05, 0.1) is 5.56 Å². The molecule has 5 nitrogen and oxygen atoms in total. The smallest absolute Gasteiger partial charge is 0.165 e. The molecule has 0 spiro atoms. The van der Waals surface area contributed by atoms with Crippen LogP contribution < -0.4 is 11.1 Å². The predicted octanol–water partition coefficient (Wildman–Crippen LogP) is 2.87. The lowest BCUT2D eigenvalue weighted by molar-refractivity contribution is 0.627. The van der Waals surface area contributed by atoms with Gasteiger partial charge in [-0.15, -0.1) is 0 Å². The van der Waals surface area contributed by atoms with Gasteiger partial charge in [-0.05, 0) is 35.9 Å². The van der Waals surface area contributed by atoms with Gasteiger partial charge in [0.2, 0.25) is 0 Å². The van der Waals surface area contributed by atoms with Crippen LogP contribution in [0.4, 0.5) is 16.0 Å². The fourth-order valence-electron chi connectivity index (χ4n) is 1.99. The van der Waals surface area contributed by atoms with Gasteiger partial charge < -0.3 is 11.1 Å². The molecule has 22 heavy (non-hydrogen) atoms. The highest BCUT2D eigenvalue weighted by molar-refractivity contribution is 5.68. The third-order valence-electron chi connectivity index (χ3n) is 3.12. The van der Waals surface area contributed by atoms with E-state index in [4.69, 9.17) is 5.73 Å². The Morgan fingerprint density at radius 3 is 2.59 bits per heavy atom. The second-order valence-corrected chi connectivity index (χ2v) is 4.68. The fraction of sp³-hybridized carbons (Fsp3) is 0.0625. The maximum atomic E-state index is 12.9. The van der Waals surface area contributed by atoms with E-state index in [9.17, 15) is 4.39 Å². The Hall–Kier alpha value is -3.02. The molecule has 0 saturated carbocycles. The minimum Gasteiger partial charge on any atom is -0.383 e. The number of nitrogens with one attached hydrogen (secondary N) is 1. The summed E-state index contributed by atoms with van der Waals surface area (Å²) in [7, 11) is 0. The molecule has 0 bridgehead atoms. The number of benzene rings is 1. The van der Waals surface area contributed by atoms with E-state index in [1.807, 2.05) is 6.07 Å². The molecular formula is C16H14FN5. The molecule has 0 saturated heterocycles. The number of hydrogen-bond acceptors (Lipinski definition) is 5. The van der Waals surface area contributed by atoms with Gasteiger partial charge in [-0.2, -0.15) is 0 Å². The Morgan fingerprint density at radius 1 is 1.00 bits per heavy atom. The number of nitrogens with two attached hydrogens (primary N) is 1. The van der Waals surface area contributed by atoms with Crippen LogP contribution in [-0.4, -0.2) is 15.0 Å². The number of aromatic nitrogens is 3. The zero-order valence-corrected chi connectivity index (χ0v) is 11.7. The van der Waals surface area contributed by atoms with Crippen molar-refractivity contribution in [3.8, 4) is 11.4 Å². The molecule has 0 unspecified atom stereocenters. The number of halogens is 1. The van der Waals surface area contributed by atoms with Gasteiger partial charge in [0.1, 0.15) is 17.5 Å². The minimum atomic E-state index is -0.250. The Morgan fingerprint density at radius 2 is 1.82 bits per heavy atom. The summed E-state index contributed by atoms with van der Waals surface area (Å²) in [6, 6.07) is 11.7. The van der Waals surface area contributed by atoms with Crippen molar-refractivity contribution >= 4 is 11.6 Å². The van der Waals surface area contributed by atoms with Gasteiger partial charge in [0.15, 0.2) is 5.82 Å². The Bertz CT molecular complexity index is 773. The number of rotatable bonds is 4. The predicted molar refractivity (Wildman–Crippen MR) is 83.4 cm³/mol. The molecule has 0 radical (unpaired) electrons. The van der Waals surface area contributed by atoms with Crippen molar-refractivity contribution in [3.63, 3.8) is 0 Å². The quantitative estimate of drug-likeness (QED) is 0.774. The first-order valence-electron chi connectivity index (χ1n) is 6.74. The van der Waals surface area contributed by atoms with Crippen LogP contribution in [0.1, 0.15) is 5.56 Å². The maximum Gasteiger partial charge on any atom is 0.165 e. The molecule has 3 aromatic rings. The van der Waals surface area contributed by atoms with Crippen molar-refractivity contribution in [2.75, 3.05) is 11.1 Å². The molecule has 2 aromatic heterocycles. The van der Waals surface area contributed by atoms with Crippen molar-refractivity contribution in [1.29, 1.82) is 0 Å². The molecule has 1 aromatic carbocycles. The average Bonchev–Trinajstić information content (AvgIpc) is 2.55. The first-order valence-corrected chi connectivity index (χ1v) is 6.74.